The molecule has 0 bridgehead atoms. The molecule has 0 aromatic heterocycles. The molecule has 0 fully saturated rings. The second-order valence-electron chi connectivity index (χ2n) is 4.60. The van der Waals surface area contributed by atoms with Crippen LogP contribution in [0.5, 0.6) is 5.75 Å². The summed E-state index contributed by atoms with van der Waals surface area (Å²) in [6, 6.07) is 10.2. The fourth-order valence-corrected chi connectivity index (χ4v) is 2.73. The molecule has 116 valence electrons. The smallest absolute Gasteiger partial charge is 0.259 e. The number of carbonyl (C=O) groups excluding carboxylic acids is 1. The molecule has 2 aromatic carbocycles. The van der Waals surface area contributed by atoms with Gasteiger partial charge in [0.2, 0.25) is 0 Å². The van der Waals surface area contributed by atoms with Crippen LogP contribution < -0.4 is 10.1 Å². The standard InChI is InChI=1S/C16H14BrCl2NO2/c1-2-5-22-15-4-3-10(17)6-14(15)16(21)20-13-8-11(18)7-12(19)9-13/h3-4,6-9H,2,5H2,1H3,(H,20,21). The molecule has 0 unspecified atom stereocenters. The maximum absolute atomic E-state index is 12.5. The first-order valence-electron chi connectivity index (χ1n) is 6.69. The van der Waals surface area contributed by atoms with Gasteiger partial charge in [0, 0.05) is 20.2 Å². The number of carbonyl (C=O) groups is 1. The maximum atomic E-state index is 12.5. The zero-order valence-corrected chi connectivity index (χ0v) is 14.9. The van der Waals surface area contributed by atoms with Crippen molar-refractivity contribution in [2.24, 2.45) is 0 Å². The minimum absolute atomic E-state index is 0.286. The number of anilines is 1. The quantitative estimate of drug-likeness (QED) is 0.686. The second-order valence-corrected chi connectivity index (χ2v) is 6.39. The molecule has 0 heterocycles. The van der Waals surface area contributed by atoms with E-state index in [1.807, 2.05) is 13.0 Å². The van der Waals surface area contributed by atoms with E-state index in [0.29, 0.717) is 33.7 Å². The van der Waals surface area contributed by atoms with Gasteiger partial charge < -0.3 is 10.1 Å². The number of hydrogen-bond donors (Lipinski definition) is 1. The van der Waals surface area contributed by atoms with Crippen LogP contribution in [0.25, 0.3) is 0 Å². The molecule has 0 saturated carbocycles. The fraction of sp³-hybridized carbons (Fsp3) is 0.188. The topological polar surface area (TPSA) is 38.3 Å². The summed E-state index contributed by atoms with van der Waals surface area (Å²) >= 11 is 15.2. The van der Waals surface area contributed by atoms with Gasteiger partial charge >= 0.3 is 0 Å². The number of ether oxygens (including phenoxy) is 1. The summed E-state index contributed by atoms with van der Waals surface area (Å²) in [6.07, 6.45) is 0.862. The lowest BCUT2D eigenvalue weighted by molar-refractivity contribution is 0.102. The molecule has 0 atom stereocenters. The van der Waals surface area contributed by atoms with Crippen molar-refractivity contribution in [1.82, 2.24) is 0 Å². The van der Waals surface area contributed by atoms with Crippen molar-refractivity contribution in [3.8, 4) is 5.75 Å². The number of halogens is 3. The minimum atomic E-state index is -0.286. The first kappa shape index (κ1) is 17.1. The highest BCUT2D eigenvalue weighted by Gasteiger charge is 2.14. The molecule has 0 saturated heterocycles. The van der Waals surface area contributed by atoms with Gasteiger partial charge in [-0.05, 0) is 42.8 Å². The van der Waals surface area contributed by atoms with Crippen LogP contribution in [-0.4, -0.2) is 12.5 Å². The molecule has 0 aliphatic heterocycles. The Morgan fingerprint density at radius 3 is 2.50 bits per heavy atom. The molecule has 6 heteroatoms. The fourth-order valence-electron chi connectivity index (χ4n) is 1.84. The van der Waals surface area contributed by atoms with Crippen molar-refractivity contribution in [2.45, 2.75) is 13.3 Å². The van der Waals surface area contributed by atoms with Gasteiger partial charge in [0.25, 0.3) is 5.91 Å². The average molecular weight is 403 g/mol. The molecule has 0 aliphatic rings. The Labute approximate surface area is 147 Å². The van der Waals surface area contributed by atoms with Crippen LogP contribution in [0.1, 0.15) is 23.7 Å². The number of benzene rings is 2. The van der Waals surface area contributed by atoms with E-state index in [2.05, 4.69) is 21.2 Å². The maximum Gasteiger partial charge on any atom is 0.259 e. The van der Waals surface area contributed by atoms with E-state index in [0.717, 1.165) is 10.9 Å². The Balaban J connectivity index is 2.26. The Morgan fingerprint density at radius 2 is 1.86 bits per heavy atom. The highest BCUT2D eigenvalue weighted by atomic mass is 79.9. The number of hydrogen-bond acceptors (Lipinski definition) is 2. The van der Waals surface area contributed by atoms with Gasteiger partial charge in [0.1, 0.15) is 5.75 Å². The van der Waals surface area contributed by atoms with E-state index in [4.69, 9.17) is 27.9 Å². The summed E-state index contributed by atoms with van der Waals surface area (Å²) < 4.78 is 6.41. The molecule has 22 heavy (non-hydrogen) atoms. The molecule has 2 aromatic rings. The van der Waals surface area contributed by atoms with E-state index >= 15 is 0 Å². The number of nitrogens with one attached hydrogen (secondary N) is 1. The zero-order chi connectivity index (χ0) is 16.1. The lowest BCUT2D eigenvalue weighted by Crippen LogP contribution is -2.14. The van der Waals surface area contributed by atoms with Gasteiger partial charge in [-0.3, -0.25) is 4.79 Å². The van der Waals surface area contributed by atoms with Crippen LogP contribution in [0, 0.1) is 0 Å². The Kier molecular flexibility index (Phi) is 6.12. The molecule has 0 spiro atoms. The third-order valence-corrected chi connectivity index (χ3v) is 3.70. The molecular formula is C16H14BrCl2NO2. The molecule has 1 amide bonds. The molecule has 2 rings (SSSR count). The van der Waals surface area contributed by atoms with Crippen LogP contribution in [0.2, 0.25) is 10.0 Å². The average Bonchev–Trinajstić information content (AvgIpc) is 2.44. The predicted molar refractivity (Wildman–Crippen MR) is 94.3 cm³/mol. The SMILES string of the molecule is CCCOc1ccc(Br)cc1C(=O)Nc1cc(Cl)cc(Cl)c1. The van der Waals surface area contributed by atoms with Gasteiger partial charge in [-0.15, -0.1) is 0 Å². The summed E-state index contributed by atoms with van der Waals surface area (Å²) in [7, 11) is 0. The van der Waals surface area contributed by atoms with Gasteiger partial charge in [-0.25, -0.2) is 0 Å². The van der Waals surface area contributed by atoms with E-state index in [9.17, 15) is 4.79 Å². The lowest BCUT2D eigenvalue weighted by atomic mass is 10.2. The van der Waals surface area contributed by atoms with Gasteiger partial charge in [-0.1, -0.05) is 46.1 Å². The Morgan fingerprint density at radius 1 is 1.18 bits per heavy atom. The van der Waals surface area contributed by atoms with Crippen molar-refractivity contribution >= 4 is 50.7 Å². The van der Waals surface area contributed by atoms with Crippen LogP contribution in [0.15, 0.2) is 40.9 Å². The van der Waals surface area contributed by atoms with Gasteiger partial charge in [-0.2, -0.15) is 0 Å². The van der Waals surface area contributed by atoms with Crippen LogP contribution in [0.3, 0.4) is 0 Å². The summed E-state index contributed by atoms with van der Waals surface area (Å²) in [6.45, 7) is 2.55. The third-order valence-electron chi connectivity index (χ3n) is 2.77. The van der Waals surface area contributed by atoms with E-state index in [1.54, 1.807) is 30.3 Å². The Hall–Kier alpha value is -1.23. The van der Waals surface area contributed by atoms with Crippen molar-refractivity contribution in [3.05, 3.63) is 56.5 Å². The molecule has 0 aliphatic carbocycles. The highest BCUT2D eigenvalue weighted by Crippen LogP contribution is 2.26. The van der Waals surface area contributed by atoms with E-state index < -0.39 is 0 Å². The first-order chi connectivity index (χ1) is 10.5. The molecule has 1 N–H and O–H groups in total. The minimum Gasteiger partial charge on any atom is -0.493 e. The highest BCUT2D eigenvalue weighted by molar-refractivity contribution is 9.10. The Bertz CT molecular complexity index is 672. The van der Waals surface area contributed by atoms with Crippen LogP contribution >= 0.6 is 39.1 Å². The van der Waals surface area contributed by atoms with E-state index in [1.165, 1.54) is 0 Å². The predicted octanol–water partition coefficient (Wildman–Crippen LogP) is 5.80. The van der Waals surface area contributed by atoms with E-state index in [-0.39, 0.29) is 5.91 Å². The third kappa shape index (κ3) is 4.63. The zero-order valence-electron chi connectivity index (χ0n) is 11.8. The first-order valence-corrected chi connectivity index (χ1v) is 8.24. The normalized spacial score (nSPS) is 10.4. The van der Waals surface area contributed by atoms with Gasteiger partial charge in [0.15, 0.2) is 0 Å². The van der Waals surface area contributed by atoms with Crippen LogP contribution in [0.4, 0.5) is 5.69 Å². The number of amides is 1. The monoisotopic (exact) mass is 401 g/mol. The lowest BCUT2D eigenvalue weighted by Gasteiger charge is -2.12. The van der Waals surface area contributed by atoms with Crippen molar-refractivity contribution in [3.63, 3.8) is 0 Å². The second kappa shape index (κ2) is 7.86. The summed E-state index contributed by atoms with van der Waals surface area (Å²) in [5.41, 5.74) is 0.975. The van der Waals surface area contributed by atoms with Crippen molar-refractivity contribution in [1.29, 1.82) is 0 Å². The molecule has 0 radical (unpaired) electrons. The summed E-state index contributed by atoms with van der Waals surface area (Å²) in [5, 5.41) is 3.69. The number of rotatable bonds is 5. The van der Waals surface area contributed by atoms with Crippen molar-refractivity contribution < 1.29 is 9.53 Å². The van der Waals surface area contributed by atoms with Gasteiger partial charge in [0.05, 0.1) is 12.2 Å². The summed E-state index contributed by atoms with van der Waals surface area (Å²) in [4.78, 5) is 12.5. The van der Waals surface area contributed by atoms with Crippen LogP contribution in [-0.2, 0) is 0 Å². The molecular weight excluding hydrogens is 389 g/mol. The largest absolute Gasteiger partial charge is 0.493 e. The summed E-state index contributed by atoms with van der Waals surface area (Å²) in [5.74, 6) is 0.251. The van der Waals surface area contributed by atoms with Crippen molar-refractivity contribution in [2.75, 3.05) is 11.9 Å². The molecule has 3 nitrogen and oxygen atoms in total.